The zero-order valence-corrected chi connectivity index (χ0v) is 14.1. The molecule has 0 saturated heterocycles. The van der Waals surface area contributed by atoms with Gasteiger partial charge in [-0.2, -0.15) is 0 Å². The molecule has 106 valence electrons. The van der Waals surface area contributed by atoms with E-state index in [2.05, 4.69) is 53.7 Å². The van der Waals surface area contributed by atoms with Crippen LogP contribution in [0.3, 0.4) is 0 Å². The largest absolute Gasteiger partial charge is 0.357 e. The van der Waals surface area contributed by atoms with Crippen molar-refractivity contribution in [3.8, 4) is 0 Å². The van der Waals surface area contributed by atoms with Crippen LogP contribution in [0, 0.1) is 6.92 Å². The number of hydrogen-bond acceptors (Lipinski definition) is 1. The molecule has 0 unspecified atom stereocenters. The zero-order chi connectivity index (χ0) is 12.8. The third-order valence-electron chi connectivity index (χ3n) is 3.02. The fourth-order valence-electron chi connectivity index (χ4n) is 1.91. The van der Waals surface area contributed by atoms with E-state index >= 15 is 0 Å². The lowest BCUT2D eigenvalue weighted by atomic mass is 10.1. The summed E-state index contributed by atoms with van der Waals surface area (Å²) < 4.78 is 0. The van der Waals surface area contributed by atoms with E-state index in [0.717, 1.165) is 25.5 Å². The molecule has 0 heterocycles. The molecular weight excluding hydrogens is 349 g/mol. The van der Waals surface area contributed by atoms with Gasteiger partial charge in [-0.15, -0.1) is 24.0 Å². The fraction of sp³-hybridized carbons (Fsp3) is 0.533. The predicted molar refractivity (Wildman–Crippen MR) is 92.4 cm³/mol. The maximum Gasteiger partial charge on any atom is 0.191 e. The summed E-state index contributed by atoms with van der Waals surface area (Å²) in [5.41, 5.74) is 2.68. The van der Waals surface area contributed by atoms with Crippen molar-refractivity contribution in [2.24, 2.45) is 4.99 Å². The van der Waals surface area contributed by atoms with E-state index in [0.29, 0.717) is 6.04 Å². The van der Waals surface area contributed by atoms with E-state index in [9.17, 15) is 0 Å². The van der Waals surface area contributed by atoms with Crippen LogP contribution < -0.4 is 10.6 Å². The van der Waals surface area contributed by atoms with Gasteiger partial charge >= 0.3 is 0 Å². The first kappa shape index (κ1) is 16.3. The SMILES string of the molecule is CCNC(=NCCc1cccc(C)c1)NC1CC1.I. The Bertz CT molecular complexity index is 414. The van der Waals surface area contributed by atoms with Crippen molar-refractivity contribution < 1.29 is 0 Å². The minimum Gasteiger partial charge on any atom is -0.357 e. The van der Waals surface area contributed by atoms with Crippen molar-refractivity contribution in [1.82, 2.24) is 10.6 Å². The first-order valence-corrected chi connectivity index (χ1v) is 6.88. The number of hydrogen-bond donors (Lipinski definition) is 2. The van der Waals surface area contributed by atoms with Crippen LogP contribution in [0.2, 0.25) is 0 Å². The second-order valence-corrected chi connectivity index (χ2v) is 4.92. The highest BCUT2D eigenvalue weighted by atomic mass is 127. The Balaban J connectivity index is 0.00000180. The lowest BCUT2D eigenvalue weighted by Gasteiger charge is -2.10. The van der Waals surface area contributed by atoms with Gasteiger partial charge in [0.25, 0.3) is 0 Å². The van der Waals surface area contributed by atoms with Crippen molar-refractivity contribution >= 4 is 29.9 Å². The van der Waals surface area contributed by atoms with E-state index in [1.807, 2.05) is 0 Å². The van der Waals surface area contributed by atoms with Gasteiger partial charge in [0, 0.05) is 19.1 Å². The van der Waals surface area contributed by atoms with Gasteiger partial charge in [0.1, 0.15) is 0 Å². The summed E-state index contributed by atoms with van der Waals surface area (Å²) in [6, 6.07) is 9.30. The summed E-state index contributed by atoms with van der Waals surface area (Å²) in [7, 11) is 0. The van der Waals surface area contributed by atoms with E-state index in [1.54, 1.807) is 0 Å². The maximum absolute atomic E-state index is 4.61. The Hall–Kier alpha value is -0.780. The molecule has 2 N–H and O–H groups in total. The lowest BCUT2D eigenvalue weighted by Crippen LogP contribution is -2.38. The molecular formula is C15H24IN3. The minimum atomic E-state index is 0. The molecule has 0 spiro atoms. The van der Waals surface area contributed by atoms with Crippen LogP contribution in [-0.4, -0.2) is 25.1 Å². The van der Waals surface area contributed by atoms with Crippen LogP contribution in [0.5, 0.6) is 0 Å². The number of nitrogens with zero attached hydrogens (tertiary/aromatic N) is 1. The Morgan fingerprint density at radius 1 is 1.37 bits per heavy atom. The second kappa shape index (κ2) is 8.40. The van der Waals surface area contributed by atoms with Gasteiger partial charge in [0.2, 0.25) is 0 Å². The number of benzene rings is 1. The van der Waals surface area contributed by atoms with Gasteiger partial charge in [0.05, 0.1) is 0 Å². The number of nitrogens with one attached hydrogen (secondary N) is 2. The first-order chi connectivity index (χ1) is 8.78. The zero-order valence-electron chi connectivity index (χ0n) is 11.8. The van der Waals surface area contributed by atoms with E-state index in [4.69, 9.17) is 0 Å². The van der Waals surface area contributed by atoms with Gasteiger partial charge in [-0.3, -0.25) is 4.99 Å². The van der Waals surface area contributed by atoms with Gasteiger partial charge < -0.3 is 10.6 Å². The minimum absolute atomic E-state index is 0. The molecule has 4 heteroatoms. The van der Waals surface area contributed by atoms with Crippen molar-refractivity contribution in [1.29, 1.82) is 0 Å². The normalized spacial score (nSPS) is 14.7. The third kappa shape index (κ3) is 6.27. The molecule has 19 heavy (non-hydrogen) atoms. The van der Waals surface area contributed by atoms with E-state index in [1.165, 1.54) is 24.0 Å². The topological polar surface area (TPSA) is 36.4 Å². The second-order valence-electron chi connectivity index (χ2n) is 4.92. The molecule has 0 amide bonds. The van der Waals surface area contributed by atoms with Crippen molar-refractivity contribution in [2.75, 3.05) is 13.1 Å². The van der Waals surface area contributed by atoms with Gasteiger partial charge in [0.15, 0.2) is 5.96 Å². The number of aliphatic imine (C=N–C) groups is 1. The molecule has 1 saturated carbocycles. The summed E-state index contributed by atoms with van der Waals surface area (Å²) in [4.78, 5) is 4.61. The average Bonchev–Trinajstić information content (AvgIpc) is 3.13. The smallest absolute Gasteiger partial charge is 0.191 e. The quantitative estimate of drug-likeness (QED) is 0.473. The number of rotatable bonds is 5. The predicted octanol–water partition coefficient (Wildman–Crippen LogP) is 2.87. The molecule has 0 aromatic heterocycles. The Morgan fingerprint density at radius 3 is 2.79 bits per heavy atom. The molecule has 1 aromatic rings. The van der Waals surface area contributed by atoms with Crippen LogP contribution >= 0.6 is 24.0 Å². The number of aryl methyl sites for hydroxylation is 1. The highest BCUT2D eigenvalue weighted by Crippen LogP contribution is 2.18. The molecule has 3 nitrogen and oxygen atoms in total. The summed E-state index contributed by atoms with van der Waals surface area (Å²) in [5.74, 6) is 0.965. The standard InChI is InChI=1S/C15H23N3.HI/c1-3-16-15(18-14-7-8-14)17-10-9-13-6-4-5-12(2)11-13;/h4-6,11,14H,3,7-10H2,1-2H3,(H2,16,17,18);1H. The molecule has 0 bridgehead atoms. The molecule has 1 aromatic carbocycles. The van der Waals surface area contributed by atoms with Crippen LogP contribution in [0.15, 0.2) is 29.3 Å². The highest BCUT2D eigenvalue weighted by Gasteiger charge is 2.21. The third-order valence-corrected chi connectivity index (χ3v) is 3.02. The average molecular weight is 373 g/mol. The molecule has 1 aliphatic rings. The van der Waals surface area contributed by atoms with Gasteiger partial charge in [-0.05, 0) is 38.7 Å². The number of halogens is 1. The Morgan fingerprint density at radius 2 is 2.16 bits per heavy atom. The van der Waals surface area contributed by atoms with Gasteiger partial charge in [-0.25, -0.2) is 0 Å². The van der Waals surface area contributed by atoms with E-state index in [-0.39, 0.29) is 24.0 Å². The maximum atomic E-state index is 4.61. The van der Waals surface area contributed by atoms with Crippen molar-refractivity contribution in [3.63, 3.8) is 0 Å². The van der Waals surface area contributed by atoms with Crippen LogP contribution in [-0.2, 0) is 6.42 Å². The lowest BCUT2D eigenvalue weighted by molar-refractivity contribution is 0.808. The molecule has 0 aliphatic heterocycles. The Kier molecular flexibility index (Phi) is 7.20. The molecule has 0 radical (unpaired) electrons. The summed E-state index contributed by atoms with van der Waals surface area (Å²) in [6.07, 6.45) is 3.56. The summed E-state index contributed by atoms with van der Waals surface area (Å²) in [6.45, 7) is 5.99. The molecule has 1 aliphatic carbocycles. The van der Waals surface area contributed by atoms with Crippen LogP contribution in [0.1, 0.15) is 30.9 Å². The van der Waals surface area contributed by atoms with Crippen molar-refractivity contribution in [2.45, 2.75) is 39.2 Å². The fourth-order valence-corrected chi connectivity index (χ4v) is 1.91. The molecule has 1 fully saturated rings. The highest BCUT2D eigenvalue weighted by molar-refractivity contribution is 14.0. The monoisotopic (exact) mass is 373 g/mol. The molecule has 2 rings (SSSR count). The first-order valence-electron chi connectivity index (χ1n) is 6.88. The Labute approximate surface area is 133 Å². The molecule has 0 atom stereocenters. The van der Waals surface area contributed by atoms with E-state index < -0.39 is 0 Å². The van der Waals surface area contributed by atoms with Crippen LogP contribution in [0.4, 0.5) is 0 Å². The number of guanidine groups is 1. The van der Waals surface area contributed by atoms with Crippen molar-refractivity contribution in [3.05, 3.63) is 35.4 Å². The summed E-state index contributed by atoms with van der Waals surface area (Å²) >= 11 is 0. The van der Waals surface area contributed by atoms with Gasteiger partial charge in [-0.1, -0.05) is 29.8 Å². The van der Waals surface area contributed by atoms with Crippen LogP contribution in [0.25, 0.3) is 0 Å². The summed E-state index contributed by atoms with van der Waals surface area (Å²) in [5, 5.41) is 6.72.